The number of nitrogens with zero attached hydrogens (tertiary/aromatic N) is 2. The van der Waals surface area contributed by atoms with Gasteiger partial charge in [-0.2, -0.15) is 0 Å². The fourth-order valence-electron chi connectivity index (χ4n) is 1.83. The number of rotatable bonds is 1. The first-order valence-corrected chi connectivity index (χ1v) is 5.19. The Balaban J connectivity index is 2.42. The Bertz CT molecular complexity index is 376. The van der Waals surface area contributed by atoms with Gasteiger partial charge in [-0.25, -0.2) is 0 Å². The molecule has 1 N–H and O–H groups in total. The summed E-state index contributed by atoms with van der Waals surface area (Å²) in [4.78, 5) is 17.7. The molecule has 1 aromatic rings. The molecular formula is C11H15N3O. The van der Waals surface area contributed by atoms with E-state index in [1.54, 1.807) is 12.4 Å². The lowest BCUT2D eigenvalue weighted by molar-refractivity contribution is -0.115. The third kappa shape index (κ3) is 1.93. The highest BCUT2D eigenvalue weighted by atomic mass is 16.1. The molecule has 80 valence electrons. The van der Waals surface area contributed by atoms with Gasteiger partial charge >= 0.3 is 0 Å². The molecule has 0 unspecified atom stereocenters. The van der Waals surface area contributed by atoms with Gasteiger partial charge in [0.1, 0.15) is 0 Å². The van der Waals surface area contributed by atoms with Crippen molar-refractivity contribution in [2.75, 3.05) is 16.8 Å². The van der Waals surface area contributed by atoms with Crippen LogP contribution in [0.5, 0.6) is 0 Å². The number of carbonyl (C=O) groups is 1. The minimum Gasteiger partial charge on any atom is -0.367 e. The number of carbonyl (C=O) groups excluding carboxylic acids is 1. The van der Waals surface area contributed by atoms with Crippen molar-refractivity contribution >= 4 is 17.3 Å². The number of nitrogens with one attached hydrogen (secondary N) is 1. The third-order valence-electron chi connectivity index (χ3n) is 2.58. The Morgan fingerprint density at radius 3 is 3.07 bits per heavy atom. The zero-order valence-electron chi connectivity index (χ0n) is 9.03. The normalized spacial score (nSPS) is 15.9. The molecule has 0 saturated carbocycles. The van der Waals surface area contributed by atoms with Crippen molar-refractivity contribution in [3.8, 4) is 0 Å². The monoisotopic (exact) mass is 205 g/mol. The van der Waals surface area contributed by atoms with Crippen LogP contribution in [0.2, 0.25) is 0 Å². The fourth-order valence-corrected chi connectivity index (χ4v) is 1.83. The van der Waals surface area contributed by atoms with Gasteiger partial charge in [0.2, 0.25) is 5.91 Å². The number of hydrogen-bond acceptors (Lipinski definition) is 3. The summed E-state index contributed by atoms with van der Waals surface area (Å²) >= 11 is 0. The molecule has 15 heavy (non-hydrogen) atoms. The van der Waals surface area contributed by atoms with Crippen molar-refractivity contribution in [1.82, 2.24) is 4.98 Å². The van der Waals surface area contributed by atoms with E-state index in [-0.39, 0.29) is 5.91 Å². The molecule has 2 heterocycles. The molecule has 0 fully saturated rings. The molecule has 0 aromatic carbocycles. The van der Waals surface area contributed by atoms with Gasteiger partial charge in [0, 0.05) is 25.2 Å². The second-order valence-electron chi connectivity index (χ2n) is 3.98. The van der Waals surface area contributed by atoms with Crippen LogP contribution >= 0.6 is 0 Å². The van der Waals surface area contributed by atoms with E-state index in [1.807, 2.05) is 6.07 Å². The van der Waals surface area contributed by atoms with Gasteiger partial charge in [0.15, 0.2) is 0 Å². The van der Waals surface area contributed by atoms with Gasteiger partial charge in [0.05, 0.1) is 17.6 Å². The van der Waals surface area contributed by atoms with Crippen LogP contribution in [0.15, 0.2) is 18.5 Å². The molecule has 4 heteroatoms. The molecule has 1 aromatic heterocycles. The van der Waals surface area contributed by atoms with E-state index in [2.05, 4.69) is 29.0 Å². The van der Waals surface area contributed by atoms with E-state index >= 15 is 0 Å². The Hall–Kier alpha value is -1.58. The Labute approximate surface area is 89.3 Å². The molecule has 0 radical (unpaired) electrons. The predicted molar refractivity (Wildman–Crippen MR) is 60.0 cm³/mol. The average molecular weight is 205 g/mol. The lowest BCUT2D eigenvalue weighted by atomic mass is 10.2. The largest absolute Gasteiger partial charge is 0.367 e. The van der Waals surface area contributed by atoms with Gasteiger partial charge in [0.25, 0.3) is 0 Å². The highest BCUT2D eigenvalue weighted by Gasteiger charge is 2.20. The zero-order chi connectivity index (χ0) is 10.8. The van der Waals surface area contributed by atoms with E-state index in [9.17, 15) is 4.79 Å². The van der Waals surface area contributed by atoms with Crippen molar-refractivity contribution in [3.05, 3.63) is 18.5 Å². The number of pyridine rings is 1. The lowest BCUT2D eigenvalue weighted by Gasteiger charge is -2.27. The van der Waals surface area contributed by atoms with Crippen LogP contribution in [-0.2, 0) is 4.79 Å². The first kappa shape index (κ1) is 9.96. The Morgan fingerprint density at radius 1 is 1.53 bits per heavy atom. The Morgan fingerprint density at radius 2 is 2.33 bits per heavy atom. The van der Waals surface area contributed by atoms with Crippen LogP contribution in [0, 0.1) is 0 Å². The standard InChI is InChI=1S/C11H15N3O/c1-8(2)14-6-4-11(15)13-9-7-12-5-3-10(9)14/h3,5,7-8H,4,6H2,1-2H3,(H,13,15). The van der Waals surface area contributed by atoms with E-state index < -0.39 is 0 Å². The number of anilines is 2. The molecule has 0 spiro atoms. The summed E-state index contributed by atoms with van der Waals surface area (Å²) in [6.45, 7) is 5.01. The molecular weight excluding hydrogens is 190 g/mol. The van der Waals surface area contributed by atoms with Crippen LogP contribution in [0.1, 0.15) is 20.3 Å². The predicted octanol–water partition coefficient (Wildman–Crippen LogP) is 1.64. The van der Waals surface area contributed by atoms with Crippen molar-refractivity contribution < 1.29 is 4.79 Å². The van der Waals surface area contributed by atoms with Gasteiger partial charge < -0.3 is 10.2 Å². The highest BCUT2D eigenvalue weighted by Crippen LogP contribution is 2.28. The highest BCUT2D eigenvalue weighted by molar-refractivity contribution is 5.95. The third-order valence-corrected chi connectivity index (χ3v) is 2.58. The summed E-state index contributed by atoms with van der Waals surface area (Å²) in [5, 5.41) is 2.86. The van der Waals surface area contributed by atoms with Gasteiger partial charge in [-0.3, -0.25) is 9.78 Å². The topological polar surface area (TPSA) is 45.2 Å². The summed E-state index contributed by atoms with van der Waals surface area (Å²) in [5.74, 6) is 0.0624. The zero-order valence-corrected chi connectivity index (χ0v) is 9.03. The fraction of sp³-hybridized carbons (Fsp3) is 0.455. The van der Waals surface area contributed by atoms with Gasteiger partial charge in [-0.1, -0.05) is 0 Å². The van der Waals surface area contributed by atoms with Crippen molar-refractivity contribution in [3.63, 3.8) is 0 Å². The summed E-state index contributed by atoms with van der Waals surface area (Å²) in [5.41, 5.74) is 1.87. The first-order chi connectivity index (χ1) is 7.18. The van der Waals surface area contributed by atoms with Crippen LogP contribution in [0.3, 0.4) is 0 Å². The molecule has 0 saturated heterocycles. The maximum absolute atomic E-state index is 11.4. The Kier molecular flexibility index (Phi) is 2.58. The SMILES string of the molecule is CC(C)N1CCC(=O)Nc2cnccc21. The second kappa shape index (κ2) is 3.88. The molecule has 2 rings (SSSR count). The summed E-state index contributed by atoms with van der Waals surface area (Å²) < 4.78 is 0. The molecule has 1 amide bonds. The molecule has 0 atom stereocenters. The maximum Gasteiger partial charge on any atom is 0.226 e. The van der Waals surface area contributed by atoms with E-state index in [1.165, 1.54) is 0 Å². The lowest BCUT2D eigenvalue weighted by Crippen LogP contribution is -2.31. The second-order valence-corrected chi connectivity index (χ2v) is 3.98. The van der Waals surface area contributed by atoms with Crippen LogP contribution in [0.25, 0.3) is 0 Å². The summed E-state index contributed by atoms with van der Waals surface area (Å²) in [6.07, 6.45) is 3.99. The number of hydrogen-bond donors (Lipinski definition) is 1. The molecule has 1 aliphatic rings. The number of fused-ring (bicyclic) bond motifs is 1. The van der Waals surface area contributed by atoms with Crippen molar-refractivity contribution in [2.24, 2.45) is 0 Å². The first-order valence-electron chi connectivity index (χ1n) is 5.19. The summed E-state index contributed by atoms with van der Waals surface area (Å²) in [6, 6.07) is 2.33. The van der Waals surface area contributed by atoms with Crippen molar-refractivity contribution in [1.29, 1.82) is 0 Å². The molecule has 0 aliphatic carbocycles. The van der Waals surface area contributed by atoms with Gasteiger partial charge in [-0.15, -0.1) is 0 Å². The van der Waals surface area contributed by atoms with E-state index in [0.717, 1.165) is 17.9 Å². The van der Waals surface area contributed by atoms with Crippen LogP contribution in [-0.4, -0.2) is 23.5 Å². The molecule has 1 aliphatic heterocycles. The van der Waals surface area contributed by atoms with Crippen LogP contribution in [0.4, 0.5) is 11.4 Å². The molecule has 4 nitrogen and oxygen atoms in total. The van der Waals surface area contributed by atoms with E-state index in [4.69, 9.17) is 0 Å². The summed E-state index contributed by atoms with van der Waals surface area (Å²) in [7, 11) is 0. The van der Waals surface area contributed by atoms with Gasteiger partial charge in [-0.05, 0) is 19.9 Å². The van der Waals surface area contributed by atoms with Crippen molar-refractivity contribution in [2.45, 2.75) is 26.3 Å². The minimum absolute atomic E-state index is 0.0624. The molecule has 0 bridgehead atoms. The smallest absolute Gasteiger partial charge is 0.226 e. The minimum atomic E-state index is 0.0624. The number of aromatic nitrogens is 1. The number of amides is 1. The van der Waals surface area contributed by atoms with Crippen LogP contribution < -0.4 is 10.2 Å². The maximum atomic E-state index is 11.4. The average Bonchev–Trinajstić information content (AvgIpc) is 2.35. The van der Waals surface area contributed by atoms with E-state index in [0.29, 0.717) is 12.5 Å². The quantitative estimate of drug-likeness (QED) is 0.758.